The van der Waals surface area contributed by atoms with Crippen LogP contribution in [-0.4, -0.2) is 36.2 Å². The van der Waals surface area contributed by atoms with E-state index in [1.807, 2.05) is 0 Å². The predicted octanol–water partition coefficient (Wildman–Crippen LogP) is 1.82. The van der Waals surface area contributed by atoms with E-state index in [1.165, 1.54) is 6.42 Å². The summed E-state index contributed by atoms with van der Waals surface area (Å²) < 4.78 is 0. The van der Waals surface area contributed by atoms with E-state index in [0.717, 1.165) is 51.6 Å². The fraction of sp³-hybridized carbons (Fsp3) is 0.938. The Morgan fingerprint density at radius 1 is 1.45 bits per heavy atom. The summed E-state index contributed by atoms with van der Waals surface area (Å²) in [4.78, 5) is 12.8. The maximum Gasteiger partial charge on any atom is 0.228 e. The van der Waals surface area contributed by atoms with E-state index in [9.17, 15) is 9.90 Å². The highest BCUT2D eigenvalue weighted by atomic mass is 16.3. The van der Waals surface area contributed by atoms with Crippen LogP contribution in [0.2, 0.25) is 0 Å². The molecule has 0 radical (unpaired) electrons. The molecule has 1 heterocycles. The number of carbonyl (C=O) groups is 1. The van der Waals surface area contributed by atoms with Crippen molar-refractivity contribution in [2.24, 2.45) is 11.3 Å². The number of aliphatic hydroxyl groups is 1. The molecule has 2 rings (SSSR count). The molecule has 3 unspecified atom stereocenters. The number of rotatable bonds is 5. The van der Waals surface area contributed by atoms with Gasteiger partial charge in [-0.25, -0.2) is 0 Å². The Hall–Kier alpha value is -0.610. The molecule has 0 spiro atoms. The van der Waals surface area contributed by atoms with Crippen LogP contribution < -0.4 is 10.6 Å². The predicted molar refractivity (Wildman–Crippen MR) is 80.4 cm³/mol. The zero-order valence-electron chi connectivity index (χ0n) is 13.0. The number of nitrogens with one attached hydrogen (secondary N) is 2. The minimum atomic E-state index is -0.377. The topological polar surface area (TPSA) is 61.4 Å². The first-order chi connectivity index (χ1) is 9.56. The first-order valence-corrected chi connectivity index (χ1v) is 8.20. The van der Waals surface area contributed by atoms with E-state index in [1.54, 1.807) is 0 Å². The Morgan fingerprint density at radius 2 is 2.25 bits per heavy atom. The molecule has 1 amide bonds. The van der Waals surface area contributed by atoms with Crippen molar-refractivity contribution in [2.75, 3.05) is 19.7 Å². The molecule has 4 heteroatoms. The SMILES string of the molecule is CCCC1(C(=O)NC2(CO)CCCC(C)C2)CCNC1. The summed E-state index contributed by atoms with van der Waals surface area (Å²) in [6, 6.07) is 0. The molecule has 3 N–H and O–H groups in total. The Bertz CT molecular complexity index is 339. The highest BCUT2D eigenvalue weighted by Crippen LogP contribution is 2.36. The molecule has 2 fully saturated rings. The maximum absolute atomic E-state index is 12.8. The van der Waals surface area contributed by atoms with E-state index in [-0.39, 0.29) is 23.5 Å². The van der Waals surface area contributed by atoms with Crippen LogP contribution in [0, 0.1) is 11.3 Å². The molecular formula is C16H30N2O2. The van der Waals surface area contributed by atoms with Crippen molar-refractivity contribution < 1.29 is 9.90 Å². The van der Waals surface area contributed by atoms with Gasteiger partial charge in [0, 0.05) is 6.54 Å². The summed E-state index contributed by atoms with van der Waals surface area (Å²) in [5.74, 6) is 0.743. The fourth-order valence-electron chi connectivity index (χ4n) is 4.07. The second kappa shape index (κ2) is 6.44. The molecule has 0 aromatic carbocycles. The second-order valence-electron chi connectivity index (χ2n) is 7.05. The summed E-state index contributed by atoms with van der Waals surface area (Å²) in [5, 5.41) is 16.4. The van der Waals surface area contributed by atoms with Crippen LogP contribution in [0.15, 0.2) is 0 Å². The molecular weight excluding hydrogens is 252 g/mol. The van der Waals surface area contributed by atoms with E-state index < -0.39 is 0 Å². The quantitative estimate of drug-likeness (QED) is 0.721. The number of aliphatic hydroxyl groups excluding tert-OH is 1. The van der Waals surface area contributed by atoms with Crippen molar-refractivity contribution in [1.29, 1.82) is 0 Å². The third kappa shape index (κ3) is 3.17. The van der Waals surface area contributed by atoms with Crippen LogP contribution in [0.5, 0.6) is 0 Å². The van der Waals surface area contributed by atoms with Gasteiger partial charge in [0.1, 0.15) is 0 Å². The molecule has 116 valence electrons. The van der Waals surface area contributed by atoms with E-state index in [0.29, 0.717) is 5.92 Å². The van der Waals surface area contributed by atoms with Gasteiger partial charge < -0.3 is 15.7 Å². The third-order valence-electron chi connectivity index (χ3n) is 5.23. The Kier molecular flexibility index (Phi) is 5.08. The Labute approximate surface area is 122 Å². The number of hydrogen-bond donors (Lipinski definition) is 3. The summed E-state index contributed by atoms with van der Waals surface area (Å²) in [5.41, 5.74) is -0.629. The highest BCUT2D eigenvalue weighted by Gasteiger charge is 2.44. The van der Waals surface area contributed by atoms with Gasteiger partial charge in [-0.15, -0.1) is 0 Å². The first kappa shape index (κ1) is 15.8. The van der Waals surface area contributed by atoms with Crippen molar-refractivity contribution in [1.82, 2.24) is 10.6 Å². The molecule has 20 heavy (non-hydrogen) atoms. The standard InChI is InChI=1S/C16H30N2O2/c1-3-6-15(8-9-17-11-15)14(20)18-16(12-19)7-4-5-13(2)10-16/h13,17,19H,3-12H2,1-2H3,(H,18,20). The lowest BCUT2D eigenvalue weighted by molar-refractivity contribution is -0.134. The van der Waals surface area contributed by atoms with E-state index in [4.69, 9.17) is 0 Å². The van der Waals surface area contributed by atoms with Crippen LogP contribution in [0.1, 0.15) is 58.8 Å². The molecule has 3 atom stereocenters. The Morgan fingerprint density at radius 3 is 2.80 bits per heavy atom. The van der Waals surface area contributed by atoms with Gasteiger partial charge in [0.2, 0.25) is 5.91 Å². The Balaban J connectivity index is 2.07. The molecule has 1 aliphatic heterocycles. The van der Waals surface area contributed by atoms with Gasteiger partial charge in [-0.05, 0) is 38.1 Å². The summed E-state index contributed by atoms with van der Waals surface area (Å²) in [7, 11) is 0. The number of amides is 1. The molecule has 0 aromatic heterocycles. The minimum Gasteiger partial charge on any atom is -0.394 e. The summed E-state index contributed by atoms with van der Waals surface area (Å²) in [6.07, 6.45) is 7.00. The van der Waals surface area contributed by atoms with Gasteiger partial charge in [-0.1, -0.05) is 33.1 Å². The summed E-state index contributed by atoms with van der Waals surface area (Å²) >= 11 is 0. The van der Waals surface area contributed by atoms with Gasteiger partial charge >= 0.3 is 0 Å². The van der Waals surface area contributed by atoms with Crippen molar-refractivity contribution in [2.45, 2.75) is 64.3 Å². The van der Waals surface area contributed by atoms with Gasteiger partial charge in [0.05, 0.1) is 17.6 Å². The summed E-state index contributed by atoms with van der Waals surface area (Å²) in [6.45, 7) is 6.13. The molecule has 1 aliphatic carbocycles. The van der Waals surface area contributed by atoms with Crippen molar-refractivity contribution in [3.8, 4) is 0 Å². The average molecular weight is 282 g/mol. The molecule has 4 nitrogen and oxygen atoms in total. The molecule has 0 aromatic rings. The normalized spacial score (nSPS) is 37.9. The van der Waals surface area contributed by atoms with E-state index >= 15 is 0 Å². The fourth-order valence-corrected chi connectivity index (χ4v) is 4.07. The smallest absolute Gasteiger partial charge is 0.228 e. The molecule has 1 saturated carbocycles. The lowest BCUT2D eigenvalue weighted by Gasteiger charge is -2.42. The van der Waals surface area contributed by atoms with Gasteiger partial charge in [0.15, 0.2) is 0 Å². The van der Waals surface area contributed by atoms with Gasteiger partial charge in [-0.2, -0.15) is 0 Å². The zero-order valence-corrected chi connectivity index (χ0v) is 13.0. The van der Waals surface area contributed by atoms with Crippen molar-refractivity contribution >= 4 is 5.91 Å². The van der Waals surface area contributed by atoms with E-state index in [2.05, 4.69) is 24.5 Å². The second-order valence-corrected chi connectivity index (χ2v) is 7.05. The lowest BCUT2D eigenvalue weighted by Crippen LogP contribution is -2.58. The maximum atomic E-state index is 12.8. The largest absolute Gasteiger partial charge is 0.394 e. The molecule has 2 aliphatic rings. The molecule has 0 bridgehead atoms. The van der Waals surface area contributed by atoms with Crippen LogP contribution in [0.25, 0.3) is 0 Å². The van der Waals surface area contributed by atoms with Crippen molar-refractivity contribution in [3.05, 3.63) is 0 Å². The van der Waals surface area contributed by atoms with Crippen LogP contribution in [0.4, 0.5) is 0 Å². The van der Waals surface area contributed by atoms with Gasteiger partial charge in [-0.3, -0.25) is 4.79 Å². The third-order valence-corrected chi connectivity index (χ3v) is 5.23. The van der Waals surface area contributed by atoms with Crippen LogP contribution in [0.3, 0.4) is 0 Å². The highest BCUT2D eigenvalue weighted by molar-refractivity contribution is 5.84. The lowest BCUT2D eigenvalue weighted by atomic mass is 9.75. The molecule has 1 saturated heterocycles. The number of hydrogen-bond acceptors (Lipinski definition) is 3. The first-order valence-electron chi connectivity index (χ1n) is 8.20. The zero-order chi connectivity index (χ0) is 14.6. The average Bonchev–Trinajstić information content (AvgIpc) is 2.89. The monoisotopic (exact) mass is 282 g/mol. The van der Waals surface area contributed by atoms with Crippen LogP contribution >= 0.6 is 0 Å². The van der Waals surface area contributed by atoms with Gasteiger partial charge in [0.25, 0.3) is 0 Å². The minimum absolute atomic E-state index is 0.0682. The van der Waals surface area contributed by atoms with Crippen LogP contribution in [-0.2, 0) is 4.79 Å². The number of carbonyl (C=O) groups excluding carboxylic acids is 1. The van der Waals surface area contributed by atoms with Crippen molar-refractivity contribution in [3.63, 3.8) is 0 Å².